The number of amides is 2. The van der Waals surface area contributed by atoms with Crippen molar-refractivity contribution >= 4 is 28.9 Å². The Morgan fingerprint density at radius 3 is 2.24 bits per heavy atom. The first-order chi connectivity index (χ1) is 15.6. The van der Waals surface area contributed by atoms with Crippen LogP contribution in [0.4, 0.5) is 43.4 Å². The number of nitrogens with one attached hydrogen (secondary N) is 3. The highest BCUT2D eigenvalue weighted by molar-refractivity contribution is 5.95. The summed E-state index contributed by atoms with van der Waals surface area (Å²) in [4.78, 5) is 25.8. The van der Waals surface area contributed by atoms with E-state index in [1.165, 1.54) is 6.07 Å². The van der Waals surface area contributed by atoms with Crippen LogP contribution >= 0.6 is 0 Å². The lowest BCUT2D eigenvalue weighted by molar-refractivity contribution is -0.137. The molecule has 2 aromatic carbocycles. The first kappa shape index (κ1) is 24.2. The number of benzene rings is 2. The highest BCUT2D eigenvalue weighted by Crippen LogP contribution is 2.36. The average Bonchev–Trinajstić information content (AvgIpc) is 3.30. The maximum Gasteiger partial charge on any atom is 0.416 e. The fourth-order valence-electron chi connectivity index (χ4n) is 3.32. The van der Waals surface area contributed by atoms with Gasteiger partial charge in [0, 0.05) is 13.1 Å². The van der Waals surface area contributed by atoms with Gasteiger partial charge in [0.1, 0.15) is 0 Å². The maximum absolute atomic E-state index is 13.6. The third kappa shape index (κ3) is 6.08. The van der Waals surface area contributed by atoms with E-state index in [9.17, 15) is 35.9 Å². The summed E-state index contributed by atoms with van der Waals surface area (Å²) in [7, 11) is 0. The summed E-state index contributed by atoms with van der Waals surface area (Å²) in [5, 5.41) is 6.86. The van der Waals surface area contributed by atoms with Crippen molar-refractivity contribution < 1.29 is 35.9 Å². The van der Waals surface area contributed by atoms with Gasteiger partial charge in [-0.1, -0.05) is 0 Å². The minimum absolute atomic E-state index is 0.121. The second-order valence-electron chi connectivity index (χ2n) is 7.33. The number of halogens is 6. The molecule has 0 radical (unpaired) electrons. The minimum Gasteiger partial charge on any atom is -0.374 e. The summed E-state index contributed by atoms with van der Waals surface area (Å²) >= 11 is 0. The SMILES string of the molecule is O=C(CNc1cc(C(F)(F)F)ccc1N1CCCC1)NCC(=O)Nc1ccc(F)c(F)c1F. The molecular formula is C21H20F6N4O2. The quantitative estimate of drug-likeness (QED) is 0.421. The van der Waals surface area contributed by atoms with Crippen LogP contribution in [0.1, 0.15) is 18.4 Å². The molecule has 0 unspecified atom stereocenters. The van der Waals surface area contributed by atoms with Crippen molar-refractivity contribution in [1.82, 2.24) is 5.32 Å². The number of carbonyl (C=O) groups excluding carboxylic acids is 2. The van der Waals surface area contributed by atoms with Crippen LogP contribution in [0.3, 0.4) is 0 Å². The third-order valence-corrected chi connectivity index (χ3v) is 4.97. The zero-order valence-corrected chi connectivity index (χ0v) is 17.2. The van der Waals surface area contributed by atoms with Gasteiger partial charge in [0.15, 0.2) is 17.5 Å². The molecule has 0 atom stereocenters. The first-order valence-corrected chi connectivity index (χ1v) is 9.96. The van der Waals surface area contributed by atoms with Gasteiger partial charge in [-0.25, -0.2) is 13.2 Å². The monoisotopic (exact) mass is 474 g/mol. The number of hydrogen-bond acceptors (Lipinski definition) is 4. The second-order valence-corrected chi connectivity index (χ2v) is 7.33. The maximum atomic E-state index is 13.6. The Kier molecular flexibility index (Phi) is 7.34. The zero-order valence-electron chi connectivity index (χ0n) is 17.2. The van der Waals surface area contributed by atoms with Gasteiger partial charge in [-0.05, 0) is 43.2 Å². The topological polar surface area (TPSA) is 73.5 Å². The summed E-state index contributed by atoms with van der Waals surface area (Å²) in [5.41, 5.74) is -0.832. The van der Waals surface area contributed by atoms with E-state index in [-0.39, 0.29) is 5.69 Å². The molecule has 6 nitrogen and oxygen atoms in total. The van der Waals surface area contributed by atoms with Crippen LogP contribution in [-0.2, 0) is 15.8 Å². The molecule has 2 amide bonds. The molecule has 1 saturated heterocycles. The molecule has 0 saturated carbocycles. The van der Waals surface area contributed by atoms with Gasteiger partial charge < -0.3 is 20.9 Å². The Bertz CT molecular complexity index is 1040. The average molecular weight is 474 g/mol. The Labute approximate surface area is 184 Å². The largest absolute Gasteiger partial charge is 0.416 e. The van der Waals surface area contributed by atoms with Crippen LogP contribution in [0.25, 0.3) is 0 Å². The Balaban J connectivity index is 1.59. The predicted molar refractivity (Wildman–Crippen MR) is 109 cm³/mol. The number of carbonyl (C=O) groups is 2. The summed E-state index contributed by atoms with van der Waals surface area (Å²) in [5.74, 6) is -6.40. The number of hydrogen-bond donors (Lipinski definition) is 3. The molecule has 0 aliphatic carbocycles. The lowest BCUT2D eigenvalue weighted by Gasteiger charge is -2.23. The molecule has 178 valence electrons. The summed E-state index contributed by atoms with van der Waals surface area (Å²) < 4.78 is 79.1. The van der Waals surface area contributed by atoms with E-state index in [1.54, 1.807) is 0 Å². The number of rotatable bonds is 7. The van der Waals surface area contributed by atoms with Gasteiger partial charge in [-0.15, -0.1) is 0 Å². The van der Waals surface area contributed by atoms with E-state index in [0.29, 0.717) is 24.8 Å². The Hall–Kier alpha value is -3.44. The van der Waals surface area contributed by atoms with Crippen LogP contribution in [0.2, 0.25) is 0 Å². The molecule has 3 N–H and O–H groups in total. The standard InChI is InChI=1S/C21H20F6N4O2/c22-13-4-5-14(20(24)19(13)23)30-18(33)11-29-17(32)10-28-15-9-12(21(25,26)27)3-6-16(15)31-7-1-2-8-31/h3-6,9,28H,1-2,7-8,10-11H2,(H,29,32)(H,30,33). The van der Waals surface area contributed by atoms with E-state index >= 15 is 0 Å². The van der Waals surface area contributed by atoms with E-state index < -0.39 is 59.8 Å². The fraction of sp³-hybridized carbons (Fsp3) is 0.333. The first-order valence-electron chi connectivity index (χ1n) is 9.96. The Morgan fingerprint density at radius 2 is 1.58 bits per heavy atom. The van der Waals surface area contributed by atoms with Crippen LogP contribution < -0.4 is 20.9 Å². The molecule has 0 bridgehead atoms. The molecule has 33 heavy (non-hydrogen) atoms. The smallest absolute Gasteiger partial charge is 0.374 e. The number of alkyl halides is 3. The van der Waals surface area contributed by atoms with E-state index in [2.05, 4.69) is 10.6 Å². The van der Waals surface area contributed by atoms with Gasteiger partial charge >= 0.3 is 6.18 Å². The van der Waals surface area contributed by atoms with Gasteiger partial charge in [-0.2, -0.15) is 13.2 Å². The molecule has 3 rings (SSSR count). The van der Waals surface area contributed by atoms with Crippen molar-refractivity contribution in [3.05, 3.63) is 53.3 Å². The highest BCUT2D eigenvalue weighted by atomic mass is 19.4. The van der Waals surface area contributed by atoms with Crippen LogP contribution in [-0.4, -0.2) is 38.0 Å². The lowest BCUT2D eigenvalue weighted by Crippen LogP contribution is -2.36. The highest BCUT2D eigenvalue weighted by Gasteiger charge is 2.31. The van der Waals surface area contributed by atoms with Crippen molar-refractivity contribution in [3.63, 3.8) is 0 Å². The van der Waals surface area contributed by atoms with Crippen molar-refractivity contribution in [2.24, 2.45) is 0 Å². The molecule has 0 aromatic heterocycles. The molecule has 1 aliphatic heterocycles. The molecule has 12 heteroatoms. The van der Waals surface area contributed by atoms with Crippen molar-refractivity contribution in [2.45, 2.75) is 19.0 Å². The van der Waals surface area contributed by atoms with Crippen molar-refractivity contribution in [1.29, 1.82) is 0 Å². The van der Waals surface area contributed by atoms with Crippen molar-refractivity contribution in [2.75, 3.05) is 41.7 Å². The molecule has 1 heterocycles. The third-order valence-electron chi connectivity index (χ3n) is 4.97. The Morgan fingerprint density at radius 1 is 0.879 bits per heavy atom. The van der Waals surface area contributed by atoms with Gasteiger partial charge in [-0.3, -0.25) is 9.59 Å². The molecule has 0 spiro atoms. The van der Waals surface area contributed by atoms with Crippen LogP contribution in [0.5, 0.6) is 0 Å². The van der Waals surface area contributed by atoms with E-state index in [0.717, 1.165) is 31.0 Å². The number of nitrogens with zero attached hydrogens (tertiary/aromatic N) is 1. The minimum atomic E-state index is -4.56. The van der Waals surface area contributed by atoms with Gasteiger partial charge in [0.05, 0.1) is 35.7 Å². The molecule has 1 fully saturated rings. The summed E-state index contributed by atoms with van der Waals surface area (Å²) in [6.07, 6.45) is -2.77. The van der Waals surface area contributed by atoms with Gasteiger partial charge in [0.25, 0.3) is 0 Å². The normalized spacial score (nSPS) is 13.7. The molecule has 2 aromatic rings. The van der Waals surface area contributed by atoms with E-state index in [1.807, 2.05) is 10.2 Å². The van der Waals surface area contributed by atoms with Gasteiger partial charge in [0.2, 0.25) is 11.8 Å². The lowest BCUT2D eigenvalue weighted by atomic mass is 10.1. The number of anilines is 3. The van der Waals surface area contributed by atoms with Crippen LogP contribution in [0.15, 0.2) is 30.3 Å². The summed E-state index contributed by atoms with van der Waals surface area (Å²) in [6, 6.07) is 4.68. The predicted octanol–water partition coefficient (Wildman–Crippen LogP) is 3.89. The summed E-state index contributed by atoms with van der Waals surface area (Å²) in [6.45, 7) is 0.287. The van der Waals surface area contributed by atoms with Crippen LogP contribution in [0, 0.1) is 17.5 Å². The fourth-order valence-corrected chi connectivity index (χ4v) is 3.32. The zero-order chi connectivity index (χ0) is 24.2. The molecular weight excluding hydrogens is 454 g/mol. The second kappa shape index (κ2) is 10.0. The molecule has 1 aliphatic rings. The van der Waals surface area contributed by atoms with Crippen molar-refractivity contribution in [3.8, 4) is 0 Å². The van der Waals surface area contributed by atoms with E-state index in [4.69, 9.17) is 0 Å².